The van der Waals surface area contributed by atoms with Gasteiger partial charge >= 0.3 is 0 Å². The summed E-state index contributed by atoms with van der Waals surface area (Å²) in [5.41, 5.74) is 1.85. The van der Waals surface area contributed by atoms with Crippen LogP contribution in [0.1, 0.15) is 25.5 Å². The Morgan fingerprint density at radius 2 is 2.15 bits per heavy atom. The highest BCUT2D eigenvalue weighted by atomic mass is 35.5. The Morgan fingerprint density at radius 1 is 1.35 bits per heavy atom. The van der Waals surface area contributed by atoms with Crippen molar-refractivity contribution in [1.29, 1.82) is 0 Å². The van der Waals surface area contributed by atoms with Gasteiger partial charge in [-0.2, -0.15) is 5.10 Å². The van der Waals surface area contributed by atoms with Crippen molar-refractivity contribution in [2.75, 3.05) is 11.1 Å². The predicted octanol–water partition coefficient (Wildman–Crippen LogP) is 3.74. The van der Waals surface area contributed by atoms with Crippen LogP contribution >= 0.6 is 23.4 Å². The molecule has 2 heterocycles. The zero-order chi connectivity index (χ0) is 18.7. The van der Waals surface area contributed by atoms with Crippen LogP contribution in [0.4, 0.5) is 5.82 Å². The van der Waals surface area contributed by atoms with Crippen molar-refractivity contribution in [1.82, 2.24) is 24.5 Å². The number of benzene rings is 1. The normalized spacial score (nSPS) is 11.1. The average molecular weight is 391 g/mol. The predicted molar refractivity (Wildman–Crippen MR) is 103 cm³/mol. The number of hydrogen-bond acceptors (Lipinski definition) is 5. The summed E-state index contributed by atoms with van der Waals surface area (Å²) in [6.07, 6.45) is 3.27. The number of nitrogens with one attached hydrogen (secondary N) is 1. The number of aromatic nitrogens is 5. The first-order chi connectivity index (χ1) is 12.5. The van der Waals surface area contributed by atoms with E-state index in [1.54, 1.807) is 23.3 Å². The van der Waals surface area contributed by atoms with E-state index in [1.807, 2.05) is 43.5 Å². The minimum Gasteiger partial charge on any atom is -0.310 e. The molecule has 9 heteroatoms. The summed E-state index contributed by atoms with van der Waals surface area (Å²) in [4.78, 5) is 12.3. The van der Waals surface area contributed by atoms with Crippen LogP contribution in [0.15, 0.2) is 41.9 Å². The van der Waals surface area contributed by atoms with E-state index in [9.17, 15) is 4.79 Å². The van der Waals surface area contributed by atoms with Crippen molar-refractivity contribution in [3.63, 3.8) is 0 Å². The second-order valence-corrected chi connectivity index (χ2v) is 7.36. The fourth-order valence-electron chi connectivity index (χ4n) is 2.37. The van der Waals surface area contributed by atoms with E-state index >= 15 is 0 Å². The molecule has 2 aromatic heterocycles. The van der Waals surface area contributed by atoms with Crippen molar-refractivity contribution in [3.05, 3.63) is 47.4 Å². The minimum atomic E-state index is -0.131. The number of aryl methyl sites for hydroxylation is 1. The van der Waals surface area contributed by atoms with Gasteiger partial charge in [-0.3, -0.25) is 9.36 Å². The number of carbonyl (C=O) groups excluding carboxylic acids is 1. The van der Waals surface area contributed by atoms with Crippen LogP contribution in [0.3, 0.4) is 0 Å². The molecule has 1 N–H and O–H groups in total. The van der Waals surface area contributed by atoms with Crippen LogP contribution in [-0.4, -0.2) is 36.2 Å². The summed E-state index contributed by atoms with van der Waals surface area (Å²) in [5, 5.41) is 16.4. The average Bonchev–Trinajstić information content (AvgIpc) is 3.24. The van der Waals surface area contributed by atoms with Crippen molar-refractivity contribution < 1.29 is 4.79 Å². The molecule has 0 aliphatic carbocycles. The number of nitrogens with zero attached hydrogens (tertiary/aromatic N) is 5. The van der Waals surface area contributed by atoms with Gasteiger partial charge in [-0.25, -0.2) is 4.68 Å². The minimum absolute atomic E-state index is 0.131. The molecule has 7 nitrogen and oxygen atoms in total. The molecule has 0 aliphatic heterocycles. The molecular formula is C17H19ClN6OS. The van der Waals surface area contributed by atoms with Crippen LogP contribution in [0, 0.1) is 6.92 Å². The number of hydrogen-bond donors (Lipinski definition) is 1. The van der Waals surface area contributed by atoms with Gasteiger partial charge in [0.25, 0.3) is 0 Å². The summed E-state index contributed by atoms with van der Waals surface area (Å²) in [7, 11) is 0. The highest BCUT2D eigenvalue weighted by Gasteiger charge is 2.13. The smallest absolute Gasteiger partial charge is 0.235 e. The molecule has 0 saturated carbocycles. The molecule has 3 rings (SSSR count). The van der Waals surface area contributed by atoms with Crippen LogP contribution in [-0.2, 0) is 4.79 Å². The van der Waals surface area contributed by atoms with E-state index in [0.717, 1.165) is 11.3 Å². The standard InChI is InChI=1S/C17H19ClN6OS/c1-11(2)24-15(6-7-20-24)21-16(25)9-26-17-22-19-10-23(17)13-5-4-12(3)14(18)8-13/h4-8,10-11H,9H2,1-3H3,(H,21,25). The largest absolute Gasteiger partial charge is 0.310 e. The molecular weight excluding hydrogens is 372 g/mol. The topological polar surface area (TPSA) is 77.6 Å². The molecule has 0 saturated heterocycles. The van der Waals surface area contributed by atoms with Crippen LogP contribution in [0.2, 0.25) is 5.02 Å². The lowest BCUT2D eigenvalue weighted by Crippen LogP contribution is -2.18. The van der Waals surface area contributed by atoms with Crippen molar-refractivity contribution in [2.45, 2.75) is 32.0 Å². The molecule has 0 fully saturated rings. The van der Waals surface area contributed by atoms with Gasteiger partial charge in [-0.15, -0.1) is 10.2 Å². The first kappa shape index (κ1) is 18.5. The van der Waals surface area contributed by atoms with Gasteiger partial charge in [0, 0.05) is 17.1 Å². The molecule has 3 aromatic rings. The Labute approximate surface area is 160 Å². The maximum Gasteiger partial charge on any atom is 0.235 e. The summed E-state index contributed by atoms with van der Waals surface area (Å²) >= 11 is 7.50. The Morgan fingerprint density at radius 3 is 2.88 bits per heavy atom. The summed E-state index contributed by atoms with van der Waals surface area (Å²) in [6.45, 7) is 5.96. The highest BCUT2D eigenvalue weighted by Crippen LogP contribution is 2.24. The second kappa shape index (κ2) is 7.92. The van der Waals surface area contributed by atoms with Gasteiger partial charge in [0.15, 0.2) is 5.16 Å². The molecule has 1 aromatic carbocycles. The molecule has 0 radical (unpaired) electrons. The fraction of sp³-hybridized carbons (Fsp3) is 0.294. The van der Waals surface area contributed by atoms with E-state index in [0.29, 0.717) is 16.0 Å². The first-order valence-corrected chi connectivity index (χ1v) is 9.44. The van der Waals surface area contributed by atoms with Gasteiger partial charge < -0.3 is 5.32 Å². The van der Waals surface area contributed by atoms with Gasteiger partial charge in [0.1, 0.15) is 12.1 Å². The van der Waals surface area contributed by atoms with Crippen LogP contribution in [0.25, 0.3) is 5.69 Å². The lowest BCUT2D eigenvalue weighted by molar-refractivity contribution is -0.113. The molecule has 1 amide bonds. The summed E-state index contributed by atoms with van der Waals surface area (Å²) < 4.78 is 3.57. The first-order valence-electron chi connectivity index (χ1n) is 8.08. The molecule has 0 unspecified atom stereocenters. The lowest BCUT2D eigenvalue weighted by atomic mass is 10.2. The SMILES string of the molecule is Cc1ccc(-n2cnnc2SCC(=O)Nc2ccnn2C(C)C)cc1Cl. The van der Waals surface area contributed by atoms with Crippen LogP contribution in [0.5, 0.6) is 0 Å². The zero-order valence-corrected chi connectivity index (χ0v) is 16.3. The maximum atomic E-state index is 12.3. The Balaban J connectivity index is 1.67. The molecule has 0 aliphatic rings. The maximum absolute atomic E-state index is 12.3. The number of thioether (sulfide) groups is 1. The summed E-state index contributed by atoms with van der Waals surface area (Å²) in [5.74, 6) is 0.757. The van der Waals surface area contributed by atoms with E-state index in [2.05, 4.69) is 20.6 Å². The Kier molecular flexibility index (Phi) is 5.63. The molecule has 0 atom stereocenters. The van der Waals surface area contributed by atoms with Gasteiger partial charge in [-0.05, 0) is 38.5 Å². The number of amides is 1. The van der Waals surface area contributed by atoms with E-state index in [1.165, 1.54) is 11.8 Å². The summed E-state index contributed by atoms with van der Waals surface area (Å²) in [6, 6.07) is 7.68. The van der Waals surface area contributed by atoms with Crippen LogP contribution < -0.4 is 5.32 Å². The van der Waals surface area contributed by atoms with Crippen molar-refractivity contribution in [3.8, 4) is 5.69 Å². The quantitative estimate of drug-likeness (QED) is 0.649. The monoisotopic (exact) mass is 390 g/mol. The Bertz CT molecular complexity index is 920. The number of rotatable bonds is 6. The Hall–Kier alpha value is -2.32. The van der Waals surface area contributed by atoms with Crippen molar-refractivity contribution in [2.24, 2.45) is 0 Å². The third-order valence-corrected chi connectivity index (χ3v) is 5.06. The van der Waals surface area contributed by atoms with E-state index in [-0.39, 0.29) is 17.7 Å². The number of halogens is 1. The molecule has 136 valence electrons. The van der Waals surface area contributed by atoms with E-state index < -0.39 is 0 Å². The third-order valence-electron chi connectivity index (χ3n) is 3.71. The molecule has 0 bridgehead atoms. The van der Waals surface area contributed by atoms with Gasteiger partial charge in [0.05, 0.1) is 17.6 Å². The number of carbonyl (C=O) groups is 1. The van der Waals surface area contributed by atoms with Gasteiger partial charge in [0.2, 0.25) is 5.91 Å². The fourth-order valence-corrected chi connectivity index (χ4v) is 3.27. The number of anilines is 1. The molecule has 0 spiro atoms. The van der Waals surface area contributed by atoms with Crippen molar-refractivity contribution >= 4 is 35.1 Å². The highest BCUT2D eigenvalue weighted by molar-refractivity contribution is 7.99. The molecule has 26 heavy (non-hydrogen) atoms. The van der Waals surface area contributed by atoms with E-state index in [4.69, 9.17) is 11.6 Å². The zero-order valence-electron chi connectivity index (χ0n) is 14.7. The lowest BCUT2D eigenvalue weighted by Gasteiger charge is -2.11. The third kappa shape index (κ3) is 4.08. The van der Waals surface area contributed by atoms with Gasteiger partial charge in [-0.1, -0.05) is 29.4 Å². The second-order valence-electron chi connectivity index (χ2n) is 6.01.